The molecule has 0 spiro atoms. The number of fused-ring (bicyclic) bond motifs is 2. The van der Waals surface area contributed by atoms with Crippen molar-refractivity contribution >= 4 is 32.9 Å². The van der Waals surface area contributed by atoms with Gasteiger partial charge in [-0.15, -0.1) is 0 Å². The van der Waals surface area contributed by atoms with Crippen molar-refractivity contribution in [1.29, 1.82) is 5.26 Å². The second-order valence-electron chi connectivity index (χ2n) is 8.98. The Bertz CT molecular complexity index is 1600. The van der Waals surface area contributed by atoms with Gasteiger partial charge in [-0.1, -0.05) is 47.5 Å². The summed E-state index contributed by atoms with van der Waals surface area (Å²) in [6.45, 7) is 4.57. The Labute approximate surface area is 228 Å². The molecule has 0 bridgehead atoms. The molecular weight excluding hydrogens is 548 g/mol. The van der Waals surface area contributed by atoms with E-state index in [1.165, 1.54) is 0 Å². The fraction of sp³-hybridized carbons (Fsp3) is 0.200. The van der Waals surface area contributed by atoms with E-state index in [2.05, 4.69) is 28.9 Å². The van der Waals surface area contributed by atoms with E-state index >= 15 is 0 Å². The Morgan fingerprint density at radius 3 is 2.61 bits per heavy atom. The molecule has 8 heteroatoms. The summed E-state index contributed by atoms with van der Waals surface area (Å²) < 4.78 is 23.8. The van der Waals surface area contributed by atoms with Gasteiger partial charge in [-0.3, -0.25) is 0 Å². The highest BCUT2D eigenvalue weighted by atomic mass is 79.9. The van der Waals surface area contributed by atoms with Crippen LogP contribution in [0.1, 0.15) is 52.9 Å². The Balaban J connectivity index is 1.42. The zero-order chi connectivity index (χ0) is 26.8. The molecule has 4 aromatic rings. The van der Waals surface area contributed by atoms with E-state index in [4.69, 9.17) is 24.4 Å². The molecule has 3 aromatic carbocycles. The molecule has 1 aromatic heterocycles. The van der Waals surface area contributed by atoms with Crippen LogP contribution in [0.4, 0.5) is 0 Å². The Kier molecular flexibility index (Phi) is 7.12. The largest absolute Gasteiger partial charge is 0.494 e. The average molecular weight is 573 g/mol. The number of ether oxygens (including phenoxy) is 3. The number of rotatable bonds is 7. The van der Waals surface area contributed by atoms with Crippen molar-refractivity contribution in [2.24, 2.45) is 5.73 Å². The quantitative estimate of drug-likeness (QED) is 0.143. The van der Waals surface area contributed by atoms with Crippen LogP contribution in [0, 0.1) is 18.3 Å². The molecule has 1 aliphatic heterocycles. The first-order chi connectivity index (χ1) is 18.4. The zero-order valence-electron chi connectivity index (χ0n) is 20.9. The van der Waals surface area contributed by atoms with Crippen LogP contribution in [0.2, 0.25) is 0 Å². The number of nitrogens with zero attached hydrogens (tertiary/aromatic N) is 1. The molecule has 192 valence electrons. The van der Waals surface area contributed by atoms with E-state index in [1.54, 1.807) is 24.3 Å². The van der Waals surface area contributed by atoms with E-state index in [9.17, 15) is 10.1 Å². The maximum absolute atomic E-state index is 13.0. The summed E-state index contributed by atoms with van der Waals surface area (Å²) >= 11 is 3.41. The van der Waals surface area contributed by atoms with Crippen molar-refractivity contribution in [3.05, 3.63) is 99.0 Å². The lowest BCUT2D eigenvalue weighted by molar-refractivity contribution is 0.0702. The Hall–Kier alpha value is -4.22. The highest BCUT2D eigenvalue weighted by Gasteiger charge is 2.31. The lowest BCUT2D eigenvalue weighted by Gasteiger charge is -2.26. The van der Waals surface area contributed by atoms with Gasteiger partial charge in [-0.25, -0.2) is 4.79 Å². The third kappa shape index (κ3) is 4.85. The van der Waals surface area contributed by atoms with E-state index in [0.29, 0.717) is 29.1 Å². The minimum absolute atomic E-state index is 0.00968. The molecule has 1 aliphatic rings. The SMILES string of the molecule is CCCCOc1ccc(C2C(C#N)=C(N)Oc3cc(OC(=O)c4oc5cc(Br)ccc5c4C)ccc32)cc1. The molecule has 0 radical (unpaired) electrons. The predicted molar refractivity (Wildman–Crippen MR) is 146 cm³/mol. The predicted octanol–water partition coefficient (Wildman–Crippen LogP) is 7.12. The Morgan fingerprint density at radius 1 is 1.11 bits per heavy atom. The number of hydrogen-bond acceptors (Lipinski definition) is 7. The van der Waals surface area contributed by atoms with Gasteiger partial charge in [0, 0.05) is 27.1 Å². The normalized spacial score (nSPS) is 14.5. The molecule has 5 rings (SSSR count). The molecule has 2 N–H and O–H groups in total. The van der Waals surface area contributed by atoms with Gasteiger partial charge in [0.2, 0.25) is 11.6 Å². The van der Waals surface area contributed by atoms with Gasteiger partial charge < -0.3 is 24.4 Å². The number of nitriles is 1. The van der Waals surface area contributed by atoms with Crippen LogP contribution < -0.4 is 19.9 Å². The van der Waals surface area contributed by atoms with Gasteiger partial charge in [0.05, 0.1) is 12.5 Å². The van der Waals surface area contributed by atoms with Gasteiger partial charge in [0.25, 0.3) is 0 Å². The van der Waals surface area contributed by atoms with Crippen LogP contribution in [0.3, 0.4) is 0 Å². The summed E-state index contributed by atoms with van der Waals surface area (Å²) in [7, 11) is 0. The minimum Gasteiger partial charge on any atom is -0.494 e. The van der Waals surface area contributed by atoms with E-state index in [0.717, 1.165) is 39.6 Å². The lowest BCUT2D eigenvalue weighted by Crippen LogP contribution is -2.21. The highest BCUT2D eigenvalue weighted by molar-refractivity contribution is 9.10. The molecule has 0 fully saturated rings. The van der Waals surface area contributed by atoms with Crippen LogP contribution in [-0.2, 0) is 0 Å². The van der Waals surface area contributed by atoms with Crippen molar-refractivity contribution in [1.82, 2.24) is 0 Å². The van der Waals surface area contributed by atoms with Gasteiger partial charge >= 0.3 is 5.97 Å². The fourth-order valence-corrected chi connectivity index (χ4v) is 4.82. The molecule has 1 atom stereocenters. The summed E-state index contributed by atoms with van der Waals surface area (Å²) in [6.07, 6.45) is 2.03. The number of hydrogen-bond donors (Lipinski definition) is 1. The number of esters is 1. The summed E-state index contributed by atoms with van der Waals surface area (Å²) in [5.74, 6) is 0.515. The van der Waals surface area contributed by atoms with E-state index in [-0.39, 0.29) is 17.4 Å². The second kappa shape index (κ2) is 10.6. The van der Waals surface area contributed by atoms with Gasteiger partial charge in [0.1, 0.15) is 34.5 Å². The fourth-order valence-electron chi connectivity index (χ4n) is 4.48. The number of aryl methyl sites for hydroxylation is 1. The van der Waals surface area contributed by atoms with Gasteiger partial charge in [-0.2, -0.15) is 5.26 Å². The number of carbonyl (C=O) groups is 1. The van der Waals surface area contributed by atoms with Crippen LogP contribution in [0.15, 0.2) is 81.0 Å². The van der Waals surface area contributed by atoms with Crippen LogP contribution in [0.25, 0.3) is 11.0 Å². The monoisotopic (exact) mass is 572 g/mol. The van der Waals surface area contributed by atoms with Crippen LogP contribution in [0.5, 0.6) is 17.2 Å². The molecule has 0 amide bonds. The van der Waals surface area contributed by atoms with Crippen molar-refractivity contribution in [2.75, 3.05) is 6.61 Å². The van der Waals surface area contributed by atoms with Crippen molar-refractivity contribution in [2.45, 2.75) is 32.6 Å². The first-order valence-corrected chi connectivity index (χ1v) is 13.0. The summed E-state index contributed by atoms with van der Waals surface area (Å²) in [5.41, 5.74) is 9.34. The third-order valence-electron chi connectivity index (χ3n) is 6.47. The topological polar surface area (TPSA) is 108 Å². The first kappa shape index (κ1) is 25.4. The number of nitrogens with two attached hydrogens (primary N) is 1. The van der Waals surface area contributed by atoms with Crippen molar-refractivity contribution < 1.29 is 23.4 Å². The number of halogens is 1. The molecule has 2 heterocycles. The molecule has 38 heavy (non-hydrogen) atoms. The van der Waals surface area contributed by atoms with Crippen LogP contribution >= 0.6 is 15.9 Å². The summed E-state index contributed by atoms with van der Waals surface area (Å²) in [4.78, 5) is 13.0. The van der Waals surface area contributed by atoms with E-state index in [1.807, 2.05) is 43.3 Å². The van der Waals surface area contributed by atoms with E-state index < -0.39 is 11.9 Å². The number of benzene rings is 3. The number of allylic oxidation sites excluding steroid dienone is 1. The standard InChI is InChI=1S/C30H25BrN2O5/c1-3-4-13-35-20-8-5-18(6-9-20)27-23-12-10-21(15-26(23)38-29(33)24(27)16-32)36-30(34)28-17(2)22-11-7-19(31)14-25(22)37-28/h5-12,14-15,27H,3-4,13,33H2,1-2H3. The molecule has 1 unspecified atom stereocenters. The molecular formula is C30H25BrN2O5. The maximum Gasteiger partial charge on any atom is 0.379 e. The minimum atomic E-state index is -0.623. The number of carbonyl (C=O) groups excluding carboxylic acids is 1. The average Bonchev–Trinajstić information content (AvgIpc) is 3.23. The molecule has 7 nitrogen and oxygen atoms in total. The van der Waals surface area contributed by atoms with Gasteiger partial charge in [-0.05, 0) is 55.3 Å². The second-order valence-corrected chi connectivity index (χ2v) is 9.90. The smallest absolute Gasteiger partial charge is 0.379 e. The van der Waals surface area contributed by atoms with Crippen molar-refractivity contribution in [3.8, 4) is 23.3 Å². The van der Waals surface area contributed by atoms with Crippen LogP contribution in [-0.4, -0.2) is 12.6 Å². The first-order valence-electron chi connectivity index (χ1n) is 12.2. The summed E-state index contributed by atoms with van der Waals surface area (Å²) in [6, 6.07) is 20.4. The summed E-state index contributed by atoms with van der Waals surface area (Å²) in [5, 5.41) is 10.7. The Morgan fingerprint density at radius 2 is 1.87 bits per heavy atom. The van der Waals surface area contributed by atoms with Crippen molar-refractivity contribution in [3.63, 3.8) is 0 Å². The molecule has 0 saturated heterocycles. The maximum atomic E-state index is 13.0. The highest BCUT2D eigenvalue weighted by Crippen LogP contribution is 2.44. The number of furan rings is 1. The van der Waals surface area contributed by atoms with Gasteiger partial charge in [0.15, 0.2) is 0 Å². The molecule has 0 saturated carbocycles. The lowest BCUT2D eigenvalue weighted by atomic mass is 9.83. The molecule has 0 aliphatic carbocycles. The zero-order valence-corrected chi connectivity index (χ0v) is 22.5. The third-order valence-corrected chi connectivity index (χ3v) is 6.96. The number of unbranched alkanes of at least 4 members (excludes halogenated alkanes) is 1.